The van der Waals surface area contributed by atoms with Crippen LogP contribution in [0, 0.1) is 11.8 Å². The SMILES string of the molecule is [N-]=[N+]=NCCC#Cc1cccc2[nH]ncc12. The van der Waals surface area contributed by atoms with Crippen LogP contribution in [0.15, 0.2) is 29.5 Å². The normalized spacial score (nSPS) is 9.25. The van der Waals surface area contributed by atoms with Gasteiger partial charge in [0, 0.05) is 28.8 Å². The molecule has 0 saturated heterocycles. The zero-order chi connectivity index (χ0) is 11.2. The third-order valence-corrected chi connectivity index (χ3v) is 2.11. The molecule has 1 N–H and O–H groups in total. The molecular formula is C11H9N5. The highest BCUT2D eigenvalue weighted by Gasteiger charge is 1.98. The second kappa shape index (κ2) is 4.87. The Morgan fingerprint density at radius 1 is 1.50 bits per heavy atom. The minimum Gasteiger partial charge on any atom is -0.278 e. The van der Waals surface area contributed by atoms with Gasteiger partial charge in [-0.2, -0.15) is 5.10 Å². The molecule has 0 unspecified atom stereocenters. The van der Waals surface area contributed by atoms with Crippen LogP contribution in [-0.4, -0.2) is 16.7 Å². The van der Waals surface area contributed by atoms with Gasteiger partial charge in [-0.1, -0.05) is 23.0 Å². The van der Waals surface area contributed by atoms with Gasteiger partial charge in [0.05, 0.1) is 11.7 Å². The van der Waals surface area contributed by atoms with E-state index in [2.05, 4.69) is 32.1 Å². The van der Waals surface area contributed by atoms with Crippen molar-refractivity contribution in [2.75, 3.05) is 6.54 Å². The summed E-state index contributed by atoms with van der Waals surface area (Å²) in [5.74, 6) is 6.00. The van der Waals surface area contributed by atoms with Crippen LogP contribution in [0.25, 0.3) is 21.3 Å². The first-order valence-electron chi connectivity index (χ1n) is 4.83. The van der Waals surface area contributed by atoms with Crippen LogP contribution in [0.4, 0.5) is 0 Å². The van der Waals surface area contributed by atoms with Crippen molar-refractivity contribution in [3.8, 4) is 11.8 Å². The second-order valence-electron chi connectivity index (χ2n) is 3.14. The van der Waals surface area contributed by atoms with Crippen LogP contribution >= 0.6 is 0 Å². The summed E-state index contributed by atoms with van der Waals surface area (Å²) in [5, 5.41) is 11.3. The fourth-order valence-electron chi connectivity index (χ4n) is 1.39. The van der Waals surface area contributed by atoms with E-state index in [1.54, 1.807) is 6.20 Å². The first-order valence-corrected chi connectivity index (χ1v) is 4.83. The number of hydrogen-bond acceptors (Lipinski definition) is 2. The van der Waals surface area contributed by atoms with Crippen molar-refractivity contribution >= 4 is 10.9 Å². The van der Waals surface area contributed by atoms with Crippen molar-refractivity contribution in [3.05, 3.63) is 40.4 Å². The maximum Gasteiger partial charge on any atom is 0.0662 e. The van der Waals surface area contributed by atoms with Gasteiger partial charge in [0.15, 0.2) is 0 Å². The second-order valence-corrected chi connectivity index (χ2v) is 3.14. The van der Waals surface area contributed by atoms with Crippen LogP contribution in [0.5, 0.6) is 0 Å². The third-order valence-electron chi connectivity index (χ3n) is 2.11. The highest BCUT2D eigenvalue weighted by Crippen LogP contribution is 2.14. The fraction of sp³-hybridized carbons (Fsp3) is 0.182. The van der Waals surface area contributed by atoms with E-state index in [9.17, 15) is 0 Å². The molecule has 0 aliphatic rings. The molecule has 0 atom stereocenters. The van der Waals surface area contributed by atoms with Crippen LogP contribution < -0.4 is 0 Å². The fourth-order valence-corrected chi connectivity index (χ4v) is 1.39. The van der Waals surface area contributed by atoms with Crippen LogP contribution in [0.3, 0.4) is 0 Å². The molecule has 0 fully saturated rings. The molecule has 2 aromatic rings. The Labute approximate surface area is 92.1 Å². The molecule has 0 saturated carbocycles. The lowest BCUT2D eigenvalue weighted by atomic mass is 10.1. The van der Waals surface area contributed by atoms with Gasteiger partial charge in [0.1, 0.15) is 0 Å². The maximum absolute atomic E-state index is 8.09. The highest BCUT2D eigenvalue weighted by atomic mass is 15.1. The van der Waals surface area contributed by atoms with Gasteiger partial charge in [0.25, 0.3) is 0 Å². The summed E-state index contributed by atoms with van der Waals surface area (Å²) < 4.78 is 0. The van der Waals surface area contributed by atoms with E-state index in [4.69, 9.17) is 5.53 Å². The monoisotopic (exact) mass is 211 g/mol. The summed E-state index contributed by atoms with van der Waals surface area (Å²) >= 11 is 0. The molecule has 78 valence electrons. The standard InChI is InChI=1S/C11H9N5/c12-16-13-7-2-1-4-9-5-3-6-11-10(9)8-14-15-11/h3,5-6,8H,2,7H2,(H,14,15). The molecule has 5 heteroatoms. The highest BCUT2D eigenvalue weighted by molar-refractivity contribution is 5.84. The van der Waals surface area contributed by atoms with Crippen molar-refractivity contribution < 1.29 is 0 Å². The number of H-pyrrole nitrogens is 1. The molecule has 0 amide bonds. The lowest BCUT2D eigenvalue weighted by Gasteiger charge is -1.91. The number of aromatic nitrogens is 2. The molecule has 5 nitrogen and oxygen atoms in total. The van der Waals surface area contributed by atoms with Crippen LogP contribution in [0.2, 0.25) is 0 Å². The first-order chi connectivity index (χ1) is 7.92. The average molecular weight is 211 g/mol. The number of nitrogens with one attached hydrogen (secondary N) is 1. The zero-order valence-electron chi connectivity index (χ0n) is 8.51. The van der Waals surface area contributed by atoms with E-state index in [1.807, 2.05) is 18.2 Å². The molecule has 2 rings (SSSR count). The molecule has 1 aromatic heterocycles. The van der Waals surface area contributed by atoms with Crippen LogP contribution in [-0.2, 0) is 0 Å². The lowest BCUT2D eigenvalue weighted by molar-refractivity contribution is 1.01. The number of fused-ring (bicyclic) bond motifs is 1. The molecule has 1 aromatic carbocycles. The van der Waals surface area contributed by atoms with E-state index in [0.717, 1.165) is 16.5 Å². The van der Waals surface area contributed by atoms with Gasteiger partial charge in [-0.15, -0.1) is 0 Å². The Bertz CT molecular complexity index is 595. The predicted octanol–water partition coefficient (Wildman–Crippen LogP) is 2.61. The van der Waals surface area contributed by atoms with Crippen molar-refractivity contribution in [3.63, 3.8) is 0 Å². The number of benzene rings is 1. The molecular weight excluding hydrogens is 202 g/mol. The molecule has 0 radical (unpaired) electrons. The Balaban J connectivity index is 2.20. The zero-order valence-corrected chi connectivity index (χ0v) is 8.51. The average Bonchev–Trinajstić information content (AvgIpc) is 2.77. The van der Waals surface area contributed by atoms with Gasteiger partial charge < -0.3 is 0 Å². The van der Waals surface area contributed by atoms with Gasteiger partial charge in [-0.25, -0.2) is 0 Å². The summed E-state index contributed by atoms with van der Waals surface area (Å²) in [6.45, 7) is 0.408. The summed E-state index contributed by atoms with van der Waals surface area (Å²) in [5.41, 5.74) is 10.0. The minimum absolute atomic E-state index is 0.408. The van der Waals surface area contributed by atoms with Crippen molar-refractivity contribution in [2.45, 2.75) is 6.42 Å². The smallest absolute Gasteiger partial charge is 0.0662 e. The Hall–Kier alpha value is -2.44. The summed E-state index contributed by atoms with van der Waals surface area (Å²) in [4.78, 5) is 2.66. The number of rotatable bonds is 2. The van der Waals surface area contributed by atoms with Crippen LogP contribution in [0.1, 0.15) is 12.0 Å². The predicted molar refractivity (Wildman–Crippen MR) is 61.6 cm³/mol. The van der Waals surface area contributed by atoms with E-state index in [0.29, 0.717) is 13.0 Å². The van der Waals surface area contributed by atoms with Gasteiger partial charge in [-0.3, -0.25) is 5.10 Å². The number of hydrogen-bond donors (Lipinski definition) is 1. The Morgan fingerprint density at radius 3 is 3.31 bits per heavy atom. The van der Waals surface area contributed by atoms with Gasteiger partial charge >= 0.3 is 0 Å². The largest absolute Gasteiger partial charge is 0.278 e. The van der Waals surface area contributed by atoms with E-state index < -0.39 is 0 Å². The van der Waals surface area contributed by atoms with E-state index in [-0.39, 0.29) is 0 Å². The van der Waals surface area contributed by atoms with Gasteiger partial charge in [-0.05, 0) is 17.7 Å². The Kier molecular flexibility index (Phi) is 3.07. The molecule has 16 heavy (non-hydrogen) atoms. The summed E-state index contributed by atoms with van der Waals surface area (Å²) in [6, 6.07) is 5.82. The summed E-state index contributed by atoms with van der Waals surface area (Å²) in [7, 11) is 0. The summed E-state index contributed by atoms with van der Waals surface area (Å²) in [6.07, 6.45) is 2.32. The number of nitrogens with zero attached hydrogens (tertiary/aromatic N) is 4. The Morgan fingerprint density at radius 2 is 2.44 bits per heavy atom. The van der Waals surface area contributed by atoms with Crippen molar-refractivity contribution in [2.24, 2.45) is 5.11 Å². The molecule has 1 heterocycles. The quantitative estimate of drug-likeness (QED) is 0.268. The maximum atomic E-state index is 8.09. The van der Waals surface area contributed by atoms with E-state index >= 15 is 0 Å². The van der Waals surface area contributed by atoms with Gasteiger partial charge in [0.2, 0.25) is 0 Å². The van der Waals surface area contributed by atoms with E-state index in [1.165, 1.54) is 0 Å². The molecule has 0 aliphatic heterocycles. The minimum atomic E-state index is 0.408. The number of aromatic amines is 1. The van der Waals surface area contributed by atoms with Crippen molar-refractivity contribution in [1.82, 2.24) is 10.2 Å². The molecule has 0 spiro atoms. The molecule has 0 aliphatic carbocycles. The third kappa shape index (κ3) is 2.14. The lowest BCUT2D eigenvalue weighted by Crippen LogP contribution is -1.77. The number of azide groups is 1. The first kappa shape index (κ1) is 10.1. The topological polar surface area (TPSA) is 77.4 Å². The van der Waals surface area contributed by atoms with Crippen molar-refractivity contribution in [1.29, 1.82) is 0 Å². The molecule has 0 bridgehead atoms.